The van der Waals surface area contributed by atoms with Crippen LogP contribution in [0.1, 0.15) is 18.4 Å². The highest BCUT2D eigenvalue weighted by molar-refractivity contribution is 6.30. The summed E-state index contributed by atoms with van der Waals surface area (Å²) in [6.07, 6.45) is -0.320. The van der Waals surface area contributed by atoms with Crippen LogP contribution < -0.4 is 10.6 Å². The minimum Gasteiger partial charge on any atom is -0.481 e. The first-order valence-electron chi connectivity index (χ1n) is 5.97. The van der Waals surface area contributed by atoms with E-state index < -0.39 is 12.0 Å². The molecule has 0 fully saturated rings. The highest BCUT2D eigenvalue weighted by atomic mass is 35.5. The highest BCUT2D eigenvalue weighted by Gasteiger charge is 2.07. The topological polar surface area (TPSA) is 95.5 Å². The van der Waals surface area contributed by atoms with Crippen LogP contribution in [0.3, 0.4) is 0 Å². The molecular weight excluding hydrogens is 284 g/mol. The Morgan fingerprint density at radius 1 is 1.05 bits per heavy atom. The van der Waals surface area contributed by atoms with E-state index in [9.17, 15) is 14.4 Å². The first kappa shape index (κ1) is 16.0. The molecule has 0 radical (unpaired) electrons. The molecule has 0 saturated carbocycles. The van der Waals surface area contributed by atoms with Gasteiger partial charge in [-0.25, -0.2) is 4.79 Å². The van der Waals surface area contributed by atoms with Crippen molar-refractivity contribution in [1.29, 1.82) is 0 Å². The van der Waals surface area contributed by atoms with Crippen molar-refractivity contribution in [3.05, 3.63) is 34.9 Å². The maximum absolute atomic E-state index is 11.4. The molecule has 0 heterocycles. The lowest BCUT2D eigenvalue weighted by Gasteiger charge is -2.07. The van der Waals surface area contributed by atoms with Crippen LogP contribution in [0.15, 0.2) is 24.3 Å². The first-order chi connectivity index (χ1) is 9.47. The van der Waals surface area contributed by atoms with E-state index in [-0.39, 0.29) is 25.2 Å². The molecule has 20 heavy (non-hydrogen) atoms. The minimum absolute atomic E-state index is 0.0905. The predicted octanol–water partition coefficient (Wildman–Crippen LogP) is 1.57. The number of carbonyl (C=O) groups is 3. The fourth-order valence-electron chi connectivity index (χ4n) is 1.36. The Kier molecular flexibility index (Phi) is 6.52. The van der Waals surface area contributed by atoms with Crippen LogP contribution in [0.25, 0.3) is 0 Å². The molecule has 0 bridgehead atoms. The van der Waals surface area contributed by atoms with Gasteiger partial charge in [0, 0.05) is 18.0 Å². The van der Waals surface area contributed by atoms with Gasteiger partial charge in [-0.05, 0) is 17.7 Å². The van der Waals surface area contributed by atoms with Gasteiger partial charge in [0.2, 0.25) is 0 Å². The molecule has 1 aromatic carbocycles. The molecule has 7 heteroatoms. The van der Waals surface area contributed by atoms with Gasteiger partial charge in [-0.2, -0.15) is 0 Å². The molecule has 0 aromatic heterocycles. The second-order valence-corrected chi connectivity index (χ2v) is 4.53. The van der Waals surface area contributed by atoms with Crippen molar-refractivity contribution in [3.8, 4) is 0 Å². The van der Waals surface area contributed by atoms with Crippen molar-refractivity contribution < 1.29 is 19.5 Å². The Balaban J connectivity index is 2.21. The van der Waals surface area contributed by atoms with Crippen LogP contribution in [-0.2, 0) is 16.1 Å². The van der Waals surface area contributed by atoms with Crippen molar-refractivity contribution >= 4 is 29.4 Å². The van der Waals surface area contributed by atoms with Crippen LogP contribution in [0, 0.1) is 0 Å². The Bertz CT molecular complexity index is 488. The van der Waals surface area contributed by atoms with E-state index >= 15 is 0 Å². The van der Waals surface area contributed by atoms with Gasteiger partial charge in [-0.3, -0.25) is 9.59 Å². The van der Waals surface area contributed by atoms with E-state index in [1.54, 1.807) is 24.3 Å². The number of halogens is 1. The summed E-state index contributed by atoms with van der Waals surface area (Å²) in [7, 11) is 0. The molecule has 2 amide bonds. The summed E-state index contributed by atoms with van der Waals surface area (Å²) in [6, 6.07) is 6.50. The van der Waals surface area contributed by atoms with Crippen molar-refractivity contribution in [2.45, 2.75) is 19.4 Å². The molecule has 0 saturated heterocycles. The van der Waals surface area contributed by atoms with Gasteiger partial charge in [0.15, 0.2) is 5.78 Å². The van der Waals surface area contributed by atoms with Gasteiger partial charge < -0.3 is 15.7 Å². The summed E-state index contributed by atoms with van der Waals surface area (Å²) in [5.74, 6) is -1.36. The zero-order valence-electron chi connectivity index (χ0n) is 10.7. The van der Waals surface area contributed by atoms with Crippen LogP contribution >= 0.6 is 11.6 Å². The standard InChI is InChI=1S/C13H15ClN2O4/c14-10-3-1-9(2-4-10)7-15-13(20)16-8-11(17)5-6-12(18)19/h1-4H,5-8H2,(H,18,19)(H2,15,16,20). The SMILES string of the molecule is O=C(O)CCC(=O)CNC(=O)NCc1ccc(Cl)cc1. The van der Waals surface area contributed by atoms with Crippen molar-refractivity contribution in [2.75, 3.05) is 6.54 Å². The second kappa shape index (κ2) is 8.16. The lowest BCUT2D eigenvalue weighted by atomic mass is 10.2. The number of Topliss-reactive ketones (excluding diaryl/α,β-unsaturated/α-hetero) is 1. The number of carboxylic acids is 1. The average molecular weight is 299 g/mol. The number of hydrogen-bond donors (Lipinski definition) is 3. The number of hydrogen-bond acceptors (Lipinski definition) is 3. The molecule has 0 aliphatic rings. The molecule has 108 valence electrons. The third-order valence-corrected chi connectivity index (χ3v) is 2.68. The average Bonchev–Trinajstić information content (AvgIpc) is 2.42. The van der Waals surface area contributed by atoms with Crippen molar-refractivity contribution in [1.82, 2.24) is 10.6 Å². The fourth-order valence-corrected chi connectivity index (χ4v) is 1.49. The summed E-state index contributed by atoms with van der Waals surface area (Å²) in [5.41, 5.74) is 0.877. The summed E-state index contributed by atoms with van der Waals surface area (Å²) >= 11 is 5.73. The molecule has 0 aliphatic carbocycles. The monoisotopic (exact) mass is 298 g/mol. The molecule has 0 atom stereocenters. The number of urea groups is 1. The smallest absolute Gasteiger partial charge is 0.315 e. The number of ketones is 1. The first-order valence-corrected chi connectivity index (χ1v) is 6.35. The van der Waals surface area contributed by atoms with Crippen molar-refractivity contribution in [3.63, 3.8) is 0 Å². The van der Waals surface area contributed by atoms with E-state index in [2.05, 4.69) is 10.6 Å². The maximum Gasteiger partial charge on any atom is 0.315 e. The Morgan fingerprint density at radius 3 is 2.30 bits per heavy atom. The molecule has 1 rings (SSSR count). The molecular formula is C13H15ClN2O4. The van der Waals surface area contributed by atoms with Gasteiger partial charge in [0.1, 0.15) is 0 Å². The van der Waals surface area contributed by atoms with Crippen molar-refractivity contribution in [2.24, 2.45) is 0 Å². The van der Waals surface area contributed by atoms with Gasteiger partial charge >= 0.3 is 12.0 Å². The third-order valence-electron chi connectivity index (χ3n) is 2.43. The zero-order chi connectivity index (χ0) is 15.0. The summed E-state index contributed by atoms with van der Waals surface area (Å²) in [6.45, 7) is 0.131. The third kappa shape index (κ3) is 6.75. The predicted molar refractivity (Wildman–Crippen MR) is 73.6 cm³/mol. The molecule has 1 aromatic rings. The Labute approximate surface area is 121 Å². The van der Waals surface area contributed by atoms with Gasteiger partial charge in [-0.15, -0.1) is 0 Å². The largest absolute Gasteiger partial charge is 0.481 e. The number of aliphatic carboxylic acids is 1. The van der Waals surface area contributed by atoms with E-state index in [0.29, 0.717) is 11.6 Å². The quantitative estimate of drug-likeness (QED) is 0.712. The van der Waals surface area contributed by atoms with Crippen LogP contribution in [0.4, 0.5) is 4.79 Å². The summed E-state index contributed by atoms with van der Waals surface area (Å²) in [5, 5.41) is 14.0. The number of carbonyl (C=O) groups excluding carboxylic acids is 2. The van der Waals surface area contributed by atoms with Crippen LogP contribution in [0.2, 0.25) is 5.02 Å². The van der Waals surface area contributed by atoms with Gasteiger partial charge in [-0.1, -0.05) is 23.7 Å². The van der Waals surface area contributed by atoms with Crippen LogP contribution in [-0.4, -0.2) is 29.4 Å². The van der Waals surface area contributed by atoms with Crippen LogP contribution in [0.5, 0.6) is 0 Å². The number of nitrogens with one attached hydrogen (secondary N) is 2. The zero-order valence-corrected chi connectivity index (χ0v) is 11.4. The molecule has 0 unspecified atom stereocenters. The molecule has 6 nitrogen and oxygen atoms in total. The molecule has 3 N–H and O–H groups in total. The molecule has 0 aliphatic heterocycles. The minimum atomic E-state index is -1.04. The lowest BCUT2D eigenvalue weighted by Crippen LogP contribution is -2.38. The van der Waals surface area contributed by atoms with E-state index in [4.69, 9.17) is 16.7 Å². The van der Waals surface area contributed by atoms with E-state index in [1.165, 1.54) is 0 Å². The Hall–Kier alpha value is -2.08. The Morgan fingerprint density at radius 2 is 1.70 bits per heavy atom. The summed E-state index contributed by atoms with van der Waals surface area (Å²) < 4.78 is 0. The highest BCUT2D eigenvalue weighted by Crippen LogP contribution is 2.08. The fraction of sp³-hybridized carbons (Fsp3) is 0.308. The van der Waals surface area contributed by atoms with E-state index in [1.807, 2.05) is 0 Å². The lowest BCUT2D eigenvalue weighted by molar-refractivity contribution is -0.138. The maximum atomic E-state index is 11.4. The van der Waals surface area contributed by atoms with E-state index in [0.717, 1.165) is 5.56 Å². The second-order valence-electron chi connectivity index (χ2n) is 4.10. The van der Waals surface area contributed by atoms with Gasteiger partial charge in [0.05, 0.1) is 13.0 Å². The normalized spacial score (nSPS) is 9.85. The summed E-state index contributed by atoms with van der Waals surface area (Å²) in [4.78, 5) is 32.9. The number of benzene rings is 1. The number of carboxylic acid groups (broad SMARTS) is 1. The number of rotatable bonds is 7. The number of amides is 2. The van der Waals surface area contributed by atoms with Gasteiger partial charge in [0.25, 0.3) is 0 Å². The molecule has 0 spiro atoms.